The second-order valence-electron chi connectivity index (χ2n) is 10.5. The molecule has 212 valence electrons. The topological polar surface area (TPSA) is 154 Å². The number of piperidine rings is 1. The molecule has 2 aliphatic rings. The first kappa shape index (κ1) is 28.6. The van der Waals surface area contributed by atoms with Crippen molar-refractivity contribution in [2.24, 2.45) is 0 Å². The fourth-order valence-corrected chi connectivity index (χ4v) is 6.01. The van der Waals surface area contributed by atoms with Crippen LogP contribution in [0.2, 0.25) is 0 Å². The zero-order valence-corrected chi connectivity index (χ0v) is 23.2. The van der Waals surface area contributed by atoms with Crippen LogP contribution in [0.15, 0.2) is 30.5 Å². The lowest BCUT2D eigenvalue weighted by atomic mass is 9.84. The smallest absolute Gasteiger partial charge is 0.372 e. The number of hydrogen-bond donors (Lipinski definition) is 3. The fraction of sp³-hybridized carbons (Fsp3) is 0.538. The van der Waals surface area contributed by atoms with E-state index >= 15 is 0 Å². The van der Waals surface area contributed by atoms with E-state index in [1.165, 1.54) is 16.9 Å². The molecule has 3 heterocycles. The van der Waals surface area contributed by atoms with Gasteiger partial charge in [0.1, 0.15) is 0 Å². The Bertz CT molecular complexity index is 1330. The molecule has 1 aromatic carbocycles. The molecule has 12 nitrogen and oxygen atoms in total. The molecule has 4 rings (SSSR count). The van der Waals surface area contributed by atoms with Crippen molar-refractivity contribution in [2.75, 3.05) is 42.5 Å². The molecule has 2 aromatic rings. The van der Waals surface area contributed by atoms with Crippen molar-refractivity contribution < 1.29 is 27.9 Å². The Morgan fingerprint density at radius 1 is 1.10 bits per heavy atom. The summed E-state index contributed by atoms with van der Waals surface area (Å²) in [5, 5.41) is 16.2. The fourth-order valence-electron chi connectivity index (χ4n) is 5.52. The highest BCUT2D eigenvalue weighted by Crippen LogP contribution is 2.40. The number of likely N-dealkylation sites (tertiary alicyclic amines) is 2. The molecule has 39 heavy (non-hydrogen) atoms. The molecule has 2 saturated heterocycles. The quantitative estimate of drug-likeness (QED) is 0.294. The van der Waals surface area contributed by atoms with Crippen LogP contribution in [0.3, 0.4) is 0 Å². The van der Waals surface area contributed by atoms with Gasteiger partial charge in [-0.1, -0.05) is 12.1 Å². The number of anilines is 2. The van der Waals surface area contributed by atoms with E-state index in [-0.39, 0.29) is 23.8 Å². The summed E-state index contributed by atoms with van der Waals surface area (Å²) in [4.78, 5) is 39.4. The SMILES string of the molecule is Cc1ccc(CN2CCCC23CCN(C(=O)n2ccc(NS(C)(=O)=O)n2)CC3)c(NCCCC(=O)C(=O)O)c1. The van der Waals surface area contributed by atoms with E-state index in [2.05, 4.69) is 38.2 Å². The summed E-state index contributed by atoms with van der Waals surface area (Å²) in [5.74, 6) is -2.06. The maximum atomic E-state index is 13.0. The van der Waals surface area contributed by atoms with E-state index < -0.39 is 21.8 Å². The summed E-state index contributed by atoms with van der Waals surface area (Å²) >= 11 is 0. The molecule has 2 fully saturated rings. The molecule has 13 heteroatoms. The van der Waals surface area contributed by atoms with Gasteiger partial charge in [-0.15, -0.1) is 5.10 Å². The highest BCUT2D eigenvalue weighted by atomic mass is 32.2. The van der Waals surface area contributed by atoms with E-state index in [1.54, 1.807) is 4.90 Å². The maximum Gasteiger partial charge on any atom is 0.372 e. The molecule has 0 saturated carbocycles. The maximum absolute atomic E-state index is 13.0. The number of ketones is 1. The van der Waals surface area contributed by atoms with Gasteiger partial charge in [-0.3, -0.25) is 14.4 Å². The van der Waals surface area contributed by atoms with Crippen LogP contribution in [0.1, 0.15) is 49.7 Å². The van der Waals surface area contributed by atoms with Crippen LogP contribution in [0, 0.1) is 6.92 Å². The lowest BCUT2D eigenvalue weighted by Gasteiger charge is -2.45. The van der Waals surface area contributed by atoms with Gasteiger partial charge in [-0.2, -0.15) is 4.68 Å². The molecule has 2 aliphatic heterocycles. The average Bonchev–Trinajstić information content (AvgIpc) is 3.49. The predicted octanol–water partition coefficient (Wildman–Crippen LogP) is 2.51. The lowest BCUT2D eigenvalue weighted by Crippen LogP contribution is -2.53. The Balaban J connectivity index is 1.37. The van der Waals surface area contributed by atoms with Gasteiger partial charge in [0, 0.05) is 56.1 Å². The minimum atomic E-state index is -3.48. The number of aromatic nitrogens is 2. The second-order valence-corrected chi connectivity index (χ2v) is 12.2. The van der Waals surface area contributed by atoms with Crippen molar-refractivity contribution in [1.82, 2.24) is 19.6 Å². The molecular formula is C26H36N6O6S. The van der Waals surface area contributed by atoms with Crippen LogP contribution in [-0.2, 0) is 26.2 Å². The van der Waals surface area contributed by atoms with Crippen molar-refractivity contribution in [1.29, 1.82) is 0 Å². The van der Waals surface area contributed by atoms with Gasteiger partial charge < -0.3 is 15.3 Å². The van der Waals surface area contributed by atoms with E-state index in [0.29, 0.717) is 26.1 Å². The molecule has 0 unspecified atom stereocenters. The third-order valence-corrected chi connectivity index (χ3v) is 8.12. The first-order valence-electron chi connectivity index (χ1n) is 13.1. The highest BCUT2D eigenvalue weighted by molar-refractivity contribution is 7.92. The zero-order valence-electron chi connectivity index (χ0n) is 22.4. The molecule has 1 amide bonds. The summed E-state index contributed by atoms with van der Waals surface area (Å²) in [7, 11) is -3.48. The number of rotatable bonds is 10. The normalized spacial score (nSPS) is 17.3. The Morgan fingerprint density at radius 3 is 2.54 bits per heavy atom. The molecule has 0 aliphatic carbocycles. The van der Waals surface area contributed by atoms with Gasteiger partial charge in [-0.05, 0) is 62.8 Å². The van der Waals surface area contributed by atoms with Crippen molar-refractivity contribution in [3.05, 3.63) is 41.6 Å². The number of carbonyl (C=O) groups excluding carboxylic acids is 2. The lowest BCUT2D eigenvalue weighted by molar-refractivity contribution is -0.149. The van der Waals surface area contributed by atoms with Crippen LogP contribution in [0.5, 0.6) is 0 Å². The van der Waals surface area contributed by atoms with Gasteiger partial charge in [-0.25, -0.2) is 18.0 Å². The Kier molecular flexibility index (Phi) is 8.60. The predicted molar refractivity (Wildman–Crippen MR) is 146 cm³/mol. The Morgan fingerprint density at radius 2 is 1.85 bits per heavy atom. The minimum Gasteiger partial charge on any atom is -0.476 e. The van der Waals surface area contributed by atoms with Crippen LogP contribution in [-0.4, -0.2) is 88.9 Å². The molecule has 1 aromatic heterocycles. The third-order valence-electron chi connectivity index (χ3n) is 7.54. The first-order valence-corrected chi connectivity index (χ1v) is 15.0. The standard InChI is InChI=1S/C26H36N6O6S/c1-19-6-7-20(21(17-19)27-12-3-5-22(33)24(34)35)18-31-13-4-9-26(31)10-15-30(16-11-26)25(36)32-14-8-23(28-32)29-39(2,37)38/h6-8,14,17,27H,3-5,9-13,15-16,18H2,1-2H3,(H,28,29)(H,34,35). The van der Waals surface area contributed by atoms with E-state index in [4.69, 9.17) is 5.11 Å². The largest absolute Gasteiger partial charge is 0.476 e. The number of aliphatic carboxylic acids is 1. The van der Waals surface area contributed by atoms with Gasteiger partial charge in [0.05, 0.1) is 6.26 Å². The second kappa shape index (κ2) is 11.7. The number of sulfonamides is 1. The number of nitrogens with zero attached hydrogens (tertiary/aromatic N) is 4. The number of carboxylic acid groups (broad SMARTS) is 1. The van der Waals surface area contributed by atoms with Gasteiger partial charge in [0.25, 0.3) is 0 Å². The van der Waals surface area contributed by atoms with Crippen LogP contribution < -0.4 is 10.0 Å². The third kappa shape index (κ3) is 7.15. The molecule has 3 N–H and O–H groups in total. The number of carbonyl (C=O) groups is 3. The molecule has 0 bridgehead atoms. The number of benzene rings is 1. The number of amides is 1. The number of Topliss-reactive ketones (excluding diaryl/α,β-unsaturated/α-hetero) is 1. The van der Waals surface area contributed by atoms with Crippen molar-refractivity contribution >= 4 is 39.3 Å². The average molecular weight is 561 g/mol. The van der Waals surface area contributed by atoms with Crippen molar-refractivity contribution in [2.45, 2.75) is 57.5 Å². The monoisotopic (exact) mass is 560 g/mol. The van der Waals surface area contributed by atoms with Crippen LogP contribution >= 0.6 is 0 Å². The van der Waals surface area contributed by atoms with E-state index in [9.17, 15) is 22.8 Å². The van der Waals surface area contributed by atoms with Crippen molar-refractivity contribution in [3.63, 3.8) is 0 Å². The Labute approximate surface area is 228 Å². The zero-order chi connectivity index (χ0) is 28.2. The van der Waals surface area contributed by atoms with E-state index in [0.717, 1.165) is 61.8 Å². The van der Waals surface area contributed by atoms with Crippen molar-refractivity contribution in [3.8, 4) is 0 Å². The first-order chi connectivity index (χ1) is 18.5. The number of nitrogens with one attached hydrogen (secondary N) is 2. The van der Waals surface area contributed by atoms with E-state index in [1.807, 2.05) is 6.92 Å². The number of hydrogen-bond acceptors (Lipinski definition) is 8. The summed E-state index contributed by atoms with van der Waals surface area (Å²) in [5.41, 5.74) is 3.25. The minimum absolute atomic E-state index is 0.0000357. The summed E-state index contributed by atoms with van der Waals surface area (Å²) < 4.78 is 26.3. The molecular weight excluding hydrogens is 524 g/mol. The molecule has 0 radical (unpaired) electrons. The van der Waals surface area contributed by atoms with Crippen LogP contribution in [0.4, 0.5) is 16.3 Å². The van der Waals surface area contributed by atoms with Gasteiger partial charge in [0.2, 0.25) is 15.8 Å². The molecule has 1 spiro atoms. The van der Waals surface area contributed by atoms with Gasteiger partial charge >= 0.3 is 12.0 Å². The summed E-state index contributed by atoms with van der Waals surface area (Å²) in [6.07, 6.45) is 6.75. The van der Waals surface area contributed by atoms with Crippen LogP contribution in [0.25, 0.3) is 0 Å². The summed E-state index contributed by atoms with van der Waals surface area (Å²) in [6.45, 7) is 5.42. The van der Waals surface area contributed by atoms with Gasteiger partial charge in [0.15, 0.2) is 5.82 Å². The number of aryl methyl sites for hydroxylation is 1. The Hall–Kier alpha value is -3.45. The summed E-state index contributed by atoms with van der Waals surface area (Å²) in [6, 6.07) is 7.46. The number of carboxylic acids is 1. The molecule has 0 atom stereocenters. The highest BCUT2D eigenvalue weighted by Gasteiger charge is 2.44.